The highest BCUT2D eigenvalue weighted by Gasteiger charge is 1.90. The lowest BCUT2D eigenvalue weighted by molar-refractivity contribution is 0.178. The Balaban J connectivity index is 2.73. The molecular weight excluding hydrogens is 168 g/mol. The Morgan fingerprint density at radius 3 is 2.08 bits per heavy atom. The molecule has 0 saturated heterocycles. The van der Waals surface area contributed by atoms with Crippen molar-refractivity contribution in [2.75, 3.05) is 12.5 Å². The number of thiol groups is 1. The van der Waals surface area contributed by atoms with Gasteiger partial charge in [0.05, 0.1) is 5.94 Å². The molecule has 0 saturated carbocycles. The quantitative estimate of drug-likeness (QED) is 0.332. The standard InChI is InChI=1S/C10H22OS/c1-2-3-4-5-6-7-8-9-11-10-12/h12H,2-10H2,1H3. The molecule has 2 heteroatoms. The molecule has 0 aromatic rings. The lowest BCUT2D eigenvalue weighted by Gasteiger charge is -2.00. The predicted molar refractivity (Wildman–Crippen MR) is 57.8 cm³/mol. The molecule has 74 valence electrons. The van der Waals surface area contributed by atoms with E-state index in [2.05, 4.69) is 19.6 Å². The summed E-state index contributed by atoms with van der Waals surface area (Å²) in [6.45, 7) is 3.14. The van der Waals surface area contributed by atoms with Crippen molar-refractivity contribution in [3.63, 3.8) is 0 Å². The summed E-state index contributed by atoms with van der Waals surface area (Å²) < 4.78 is 5.13. The summed E-state index contributed by atoms with van der Waals surface area (Å²) in [5, 5.41) is 0. The fraction of sp³-hybridized carbons (Fsp3) is 1.00. The fourth-order valence-corrected chi connectivity index (χ4v) is 1.35. The minimum Gasteiger partial charge on any atom is -0.371 e. The van der Waals surface area contributed by atoms with Crippen molar-refractivity contribution in [1.29, 1.82) is 0 Å². The molecular formula is C10H22OS. The second-order valence-electron chi connectivity index (χ2n) is 3.16. The van der Waals surface area contributed by atoms with Crippen LogP contribution < -0.4 is 0 Å². The second kappa shape index (κ2) is 11.3. The predicted octanol–water partition coefficient (Wildman–Crippen LogP) is 3.64. The molecule has 0 amide bonds. The van der Waals surface area contributed by atoms with E-state index in [1.165, 1.54) is 44.9 Å². The van der Waals surface area contributed by atoms with Gasteiger partial charge in [0.15, 0.2) is 0 Å². The van der Waals surface area contributed by atoms with E-state index in [1.807, 2.05) is 0 Å². The SMILES string of the molecule is CCCCCCCCCOCS. The Kier molecular flexibility index (Phi) is 11.6. The molecule has 0 spiro atoms. The summed E-state index contributed by atoms with van der Waals surface area (Å²) in [6.07, 6.45) is 9.43. The van der Waals surface area contributed by atoms with Crippen molar-refractivity contribution in [2.45, 2.75) is 51.9 Å². The van der Waals surface area contributed by atoms with Gasteiger partial charge in [-0.3, -0.25) is 0 Å². The first-order valence-electron chi connectivity index (χ1n) is 5.10. The maximum absolute atomic E-state index is 5.13. The van der Waals surface area contributed by atoms with Gasteiger partial charge in [-0.05, 0) is 6.42 Å². The molecule has 0 unspecified atom stereocenters. The second-order valence-corrected chi connectivity index (χ2v) is 3.42. The molecule has 0 bridgehead atoms. The average molecular weight is 190 g/mol. The Hall–Kier alpha value is 0.310. The van der Waals surface area contributed by atoms with E-state index in [1.54, 1.807) is 0 Å². The fourth-order valence-electron chi connectivity index (χ4n) is 1.23. The van der Waals surface area contributed by atoms with Gasteiger partial charge in [0, 0.05) is 6.61 Å². The van der Waals surface area contributed by atoms with Crippen LogP contribution in [0.2, 0.25) is 0 Å². The van der Waals surface area contributed by atoms with Crippen molar-refractivity contribution >= 4 is 12.6 Å². The van der Waals surface area contributed by atoms with E-state index in [0.29, 0.717) is 5.94 Å². The summed E-state index contributed by atoms with van der Waals surface area (Å²) in [5.41, 5.74) is 0. The van der Waals surface area contributed by atoms with Gasteiger partial charge in [0.1, 0.15) is 0 Å². The monoisotopic (exact) mass is 190 g/mol. The van der Waals surface area contributed by atoms with Crippen LogP contribution in [0.1, 0.15) is 51.9 Å². The highest BCUT2D eigenvalue weighted by molar-refractivity contribution is 7.80. The third-order valence-electron chi connectivity index (χ3n) is 1.98. The highest BCUT2D eigenvalue weighted by atomic mass is 32.1. The molecule has 0 N–H and O–H groups in total. The van der Waals surface area contributed by atoms with Crippen LogP contribution in [-0.4, -0.2) is 12.5 Å². The van der Waals surface area contributed by atoms with E-state index < -0.39 is 0 Å². The molecule has 0 aliphatic heterocycles. The largest absolute Gasteiger partial charge is 0.371 e. The van der Waals surface area contributed by atoms with E-state index in [9.17, 15) is 0 Å². The number of rotatable bonds is 9. The molecule has 1 nitrogen and oxygen atoms in total. The van der Waals surface area contributed by atoms with Crippen molar-refractivity contribution in [1.82, 2.24) is 0 Å². The number of hydrogen-bond donors (Lipinski definition) is 1. The van der Waals surface area contributed by atoms with Crippen LogP contribution in [0.4, 0.5) is 0 Å². The third kappa shape index (κ3) is 10.3. The molecule has 0 fully saturated rings. The third-order valence-corrected chi connectivity index (χ3v) is 2.17. The molecule has 0 aliphatic rings. The minimum atomic E-state index is 0.565. The van der Waals surface area contributed by atoms with Crippen LogP contribution in [0.5, 0.6) is 0 Å². The Morgan fingerprint density at radius 2 is 1.50 bits per heavy atom. The van der Waals surface area contributed by atoms with Crippen molar-refractivity contribution in [3.8, 4) is 0 Å². The smallest absolute Gasteiger partial charge is 0.0892 e. The summed E-state index contributed by atoms with van der Waals surface area (Å²) in [4.78, 5) is 0. The molecule has 0 heterocycles. The zero-order chi connectivity index (χ0) is 9.07. The summed E-state index contributed by atoms with van der Waals surface area (Å²) in [7, 11) is 0. The lowest BCUT2D eigenvalue weighted by atomic mass is 10.1. The van der Waals surface area contributed by atoms with Gasteiger partial charge in [-0.25, -0.2) is 0 Å². The molecule has 0 aromatic carbocycles. The zero-order valence-corrected chi connectivity index (χ0v) is 9.11. The highest BCUT2D eigenvalue weighted by Crippen LogP contribution is 2.06. The Morgan fingerprint density at radius 1 is 0.917 bits per heavy atom. The van der Waals surface area contributed by atoms with Crippen LogP contribution in [-0.2, 0) is 4.74 Å². The Labute approximate surface area is 82.3 Å². The number of unbranched alkanes of at least 4 members (excludes halogenated alkanes) is 6. The van der Waals surface area contributed by atoms with Gasteiger partial charge >= 0.3 is 0 Å². The van der Waals surface area contributed by atoms with E-state index in [4.69, 9.17) is 4.74 Å². The van der Waals surface area contributed by atoms with Crippen molar-refractivity contribution in [2.24, 2.45) is 0 Å². The summed E-state index contributed by atoms with van der Waals surface area (Å²) in [6, 6.07) is 0. The maximum atomic E-state index is 5.13. The normalized spacial score (nSPS) is 10.5. The number of hydrogen-bond acceptors (Lipinski definition) is 2. The van der Waals surface area contributed by atoms with Crippen LogP contribution in [0, 0.1) is 0 Å². The van der Waals surface area contributed by atoms with Gasteiger partial charge in [-0.1, -0.05) is 45.4 Å². The molecule has 0 aliphatic carbocycles. The minimum absolute atomic E-state index is 0.565. The van der Waals surface area contributed by atoms with Crippen LogP contribution in [0.15, 0.2) is 0 Å². The van der Waals surface area contributed by atoms with Gasteiger partial charge in [-0.15, -0.1) is 0 Å². The molecule has 0 rings (SSSR count). The van der Waals surface area contributed by atoms with E-state index >= 15 is 0 Å². The molecule has 12 heavy (non-hydrogen) atoms. The summed E-state index contributed by atoms with van der Waals surface area (Å²) in [5.74, 6) is 0.565. The van der Waals surface area contributed by atoms with Gasteiger partial charge in [-0.2, -0.15) is 12.6 Å². The first kappa shape index (κ1) is 12.3. The van der Waals surface area contributed by atoms with Crippen molar-refractivity contribution < 1.29 is 4.74 Å². The Bertz CT molecular complexity index is 66.2. The van der Waals surface area contributed by atoms with Gasteiger partial charge in [0.2, 0.25) is 0 Å². The topological polar surface area (TPSA) is 9.23 Å². The zero-order valence-electron chi connectivity index (χ0n) is 8.22. The van der Waals surface area contributed by atoms with Crippen LogP contribution >= 0.6 is 12.6 Å². The summed E-state index contributed by atoms with van der Waals surface area (Å²) >= 11 is 3.97. The first-order chi connectivity index (χ1) is 5.91. The van der Waals surface area contributed by atoms with Crippen molar-refractivity contribution in [3.05, 3.63) is 0 Å². The number of ether oxygens (including phenoxy) is 1. The first-order valence-corrected chi connectivity index (χ1v) is 5.73. The van der Waals surface area contributed by atoms with Gasteiger partial charge in [0.25, 0.3) is 0 Å². The molecule has 0 aromatic heterocycles. The van der Waals surface area contributed by atoms with E-state index in [-0.39, 0.29) is 0 Å². The molecule has 0 radical (unpaired) electrons. The van der Waals surface area contributed by atoms with Crippen LogP contribution in [0.3, 0.4) is 0 Å². The lowest BCUT2D eigenvalue weighted by Crippen LogP contribution is -1.91. The van der Waals surface area contributed by atoms with E-state index in [0.717, 1.165) is 6.61 Å². The van der Waals surface area contributed by atoms with Crippen LogP contribution in [0.25, 0.3) is 0 Å². The molecule has 0 atom stereocenters. The maximum Gasteiger partial charge on any atom is 0.0892 e. The average Bonchev–Trinajstić information content (AvgIpc) is 2.10. The van der Waals surface area contributed by atoms with Gasteiger partial charge < -0.3 is 4.74 Å².